The van der Waals surface area contributed by atoms with Crippen LogP contribution in [-0.2, 0) is 6.42 Å². The molecule has 0 aliphatic rings. The average molecular weight is 252 g/mol. The van der Waals surface area contributed by atoms with Crippen molar-refractivity contribution in [3.63, 3.8) is 0 Å². The molecule has 0 aromatic heterocycles. The highest BCUT2D eigenvalue weighted by Gasteiger charge is 2.00. The summed E-state index contributed by atoms with van der Waals surface area (Å²) in [6.45, 7) is 9.60. The van der Waals surface area contributed by atoms with Gasteiger partial charge >= 0.3 is 0 Å². The zero-order valence-electron chi connectivity index (χ0n) is 11.6. The van der Waals surface area contributed by atoms with Gasteiger partial charge in [-0.25, -0.2) is 4.39 Å². The summed E-state index contributed by atoms with van der Waals surface area (Å²) in [6, 6.07) is 7.00. The van der Waals surface area contributed by atoms with Crippen LogP contribution in [0.4, 0.5) is 4.39 Å². The molecule has 1 N–H and O–H groups in total. The Morgan fingerprint density at radius 1 is 1.11 bits per heavy atom. The number of rotatable bonds is 9. The lowest BCUT2D eigenvalue weighted by atomic mass is 10.1. The van der Waals surface area contributed by atoms with Crippen molar-refractivity contribution in [1.82, 2.24) is 10.2 Å². The van der Waals surface area contributed by atoms with Crippen molar-refractivity contribution in [3.8, 4) is 0 Å². The molecule has 0 heterocycles. The number of hydrogen-bond donors (Lipinski definition) is 1. The molecule has 0 saturated heterocycles. The standard InChI is InChI=1S/C15H25FN2/c1-3-18(4-2)13-7-11-17-12-10-14-8-5-6-9-15(14)16/h5-6,8-9,17H,3-4,7,10-13H2,1-2H3. The van der Waals surface area contributed by atoms with Gasteiger partial charge in [0, 0.05) is 0 Å². The van der Waals surface area contributed by atoms with Crippen molar-refractivity contribution in [2.24, 2.45) is 0 Å². The highest BCUT2D eigenvalue weighted by Crippen LogP contribution is 2.06. The Bertz CT molecular complexity index is 324. The highest BCUT2D eigenvalue weighted by atomic mass is 19.1. The molecule has 1 rings (SSSR count). The second-order valence-electron chi connectivity index (χ2n) is 4.47. The van der Waals surface area contributed by atoms with Gasteiger partial charge in [-0.3, -0.25) is 0 Å². The Morgan fingerprint density at radius 3 is 2.50 bits per heavy atom. The zero-order chi connectivity index (χ0) is 13.2. The second-order valence-corrected chi connectivity index (χ2v) is 4.47. The van der Waals surface area contributed by atoms with Gasteiger partial charge in [0.2, 0.25) is 0 Å². The molecule has 0 aliphatic heterocycles. The first-order valence-corrected chi connectivity index (χ1v) is 6.94. The van der Waals surface area contributed by atoms with Crippen LogP contribution in [0.1, 0.15) is 25.8 Å². The first-order chi connectivity index (χ1) is 8.77. The van der Waals surface area contributed by atoms with E-state index in [0.29, 0.717) is 0 Å². The van der Waals surface area contributed by atoms with Crippen LogP contribution in [0.3, 0.4) is 0 Å². The van der Waals surface area contributed by atoms with E-state index in [9.17, 15) is 4.39 Å². The van der Waals surface area contributed by atoms with Crippen LogP contribution in [0.5, 0.6) is 0 Å². The summed E-state index contributed by atoms with van der Waals surface area (Å²) in [6.07, 6.45) is 1.91. The summed E-state index contributed by atoms with van der Waals surface area (Å²) in [5, 5.41) is 3.37. The number of nitrogens with zero attached hydrogens (tertiary/aromatic N) is 1. The molecule has 0 spiro atoms. The minimum Gasteiger partial charge on any atom is -0.316 e. The van der Waals surface area contributed by atoms with E-state index < -0.39 is 0 Å². The number of benzene rings is 1. The van der Waals surface area contributed by atoms with Gasteiger partial charge in [-0.15, -0.1) is 0 Å². The second kappa shape index (κ2) is 9.06. The Balaban J connectivity index is 2.07. The maximum absolute atomic E-state index is 13.3. The lowest BCUT2D eigenvalue weighted by Crippen LogP contribution is -2.27. The summed E-state index contributed by atoms with van der Waals surface area (Å²) in [5.41, 5.74) is 0.800. The third kappa shape index (κ3) is 5.61. The Labute approximate surface area is 110 Å². The van der Waals surface area contributed by atoms with Crippen molar-refractivity contribution in [2.45, 2.75) is 26.7 Å². The minimum absolute atomic E-state index is 0.0950. The molecule has 1 aromatic rings. The van der Waals surface area contributed by atoms with Crippen molar-refractivity contribution in [3.05, 3.63) is 35.6 Å². The van der Waals surface area contributed by atoms with E-state index in [1.807, 2.05) is 12.1 Å². The molecule has 0 saturated carbocycles. The molecular weight excluding hydrogens is 227 g/mol. The molecule has 0 radical (unpaired) electrons. The first kappa shape index (κ1) is 15.1. The molecular formula is C15H25FN2. The predicted molar refractivity (Wildman–Crippen MR) is 75.4 cm³/mol. The van der Waals surface area contributed by atoms with Gasteiger partial charge in [-0.2, -0.15) is 0 Å². The fourth-order valence-corrected chi connectivity index (χ4v) is 2.02. The van der Waals surface area contributed by atoms with Crippen LogP contribution in [0.2, 0.25) is 0 Å². The van der Waals surface area contributed by atoms with Crippen LogP contribution in [0.25, 0.3) is 0 Å². The van der Waals surface area contributed by atoms with Gasteiger partial charge in [0.25, 0.3) is 0 Å². The van der Waals surface area contributed by atoms with Gasteiger partial charge < -0.3 is 10.2 Å². The molecule has 1 aromatic carbocycles. The molecule has 0 fully saturated rings. The maximum Gasteiger partial charge on any atom is 0.126 e. The van der Waals surface area contributed by atoms with E-state index in [4.69, 9.17) is 0 Å². The Kier molecular flexibility index (Phi) is 7.62. The number of hydrogen-bond acceptors (Lipinski definition) is 2. The molecule has 0 amide bonds. The van der Waals surface area contributed by atoms with Crippen LogP contribution < -0.4 is 5.32 Å². The largest absolute Gasteiger partial charge is 0.316 e. The first-order valence-electron chi connectivity index (χ1n) is 6.94. The van der Waals surface area contributed by atoms with Crippen molar-refractivity contribution in [1.29, 1.82) is 0 Å². The molecule has 2 nitrogen and oxygen atoms in total. The summed E-state index contributed by atoms with van der Waals surface area (Å²) >= 11 is 0. The van der Waals surface area contributed by atoms with Crippen LogP contribution in [0, 0.1) is 5.82 Å². The predicted octanol–water partition coefficient (Wildman–Crippen LogP) is 2.69. The number of nitrogens with one attached hydrogen (secondary N) is 1. The van der Waals surface area contributed by atoms with Crippen molar-refractivity contribution in [2.75, 3.05) is 32.7 Å². The fraction of sp³-hybridized carbons (Fsp3) is 0.600. The monoisotopic (exact) mass is 252 g/mol. The van der Waals surface area contributed by atoms with E-state index in [0.717, 1.165) is 51.1 Å². The lowest BCUT2D eigenvalue weighted by molar-refractivity contribution is 0.298. The lowest BCUT2D eigenvalue weighted by Gasteiger charge is -2.17. The fourth-order valence-electron chi connectivity index (χ4n) is 2.02. The van der Waals surface area contributed by atoms with E-state index in [1.165, 1.54) is 6.07 Å². The van der Waals surface area contributed by atoms with Gasteiger partial charge in [0.1, 0.15) is 5.82 Å². The zero-order valence-corrected chi connectivity index (χ0v) is 11.6. The Hall–Kier alpha value is -0.930. The van der Waals surface area contributed by atoms with Crippen molar-refractivity contribution >= 4 is 0 Å². The number of halogens is 1. The van der Waals surface area contributed by atoms with Crippen LogP contribution in [0.15, 0.2) is 24.3 Å². The minimum atomic E-state index is -0.0950. The Morgan fingerprint density at radius 2 is 1.83 bits per heavy atom. The summed E-state index contributed by atoms with van der Waals surface area (Å²) in [7, 11) is 0. The van der Waals surface area contributed by atoms with Crippen LogP contribution >= 0.6 is 0 Å². The molecule has 3 heteroatoms. The molecule has 102 valence electrons. The highest BCUT2D eigenvalue weighted by molar-refractivity contribution is 5.17. The third-order valence-electron chi connectivity index (χ3n) is 3.25. The average Bonchev–Trinajstić information content (AvgIpc) is 2.40. The smallest absolute Gasteiger partial charge is 0.126 e. The molecule has 0 atom stereocenters. The van der Waals surface area contributed by atoms with E-state index >= 15 is 0 Å². The molecule has 0 aliphatic carbocycles. The topological polar surface area (TPSA) is 15.3 Å². The molecule has 18 heavy (non-hydrogen) atoms. The SMILES string of the molecule is CCN(CC)CCCNCCc1ccccc1F. The van der Waals surface area contributed by atoms with Gasteiger partial charge in [0.15, 0.2) is 0 Å². The summed E-state index contributed by atoms with van der Waals surface area (Å²) < 4.78 is 13.3. The maximum atomic E-state index is 13.3. The third-order valence-corrected chi connectivity index (χ3v) is 3.25. The normalized spacial score (nSPS) is 11.1. The van der Waals surface area contributed by atoms with Gasteiger partial charge in [-0.1, -0.05) is 32.0 Å². The molecule has 0 bridgehead atoms. The van der Waals surface area contributed by atoms with E-state index in [1.54, 1.807) is 6.07 Å². The van der Waals surface area contributed by atoms with E-state index in [-0.39, 0.29) is 5.82 Å². The molecule has 0 unspecified atom stereocenters. The van der Waals surface area contributed by atoms with E-state index in [2.05, 4.69) is 24.1 Å². The quantitative estimate of drug-likeness (QED) is 0.680. The summed E-state index contributed by atoms with van der Waals surface area (Å²) in [4.78, 5) is 2.42. The van der Waals surface area contributed by atoms with Gasteiger partial charge in [-0.05, 0) is 57.2 Å². The summed E-state index contributed by atoms with van der Waals surface area (Å²) in [5.74, 6) is -0.0950. The van der Waals surface area contributed by atoms with Crippen molar-refractivity contribution < 1.29 is 4.39 Å². The van der Waals surface area contributed by atoms with Gasteiger partial charge in [0.05, 0.1) is 0 Å². The van der Waals surface area contributed by atoms with Crippen LogP contribution in [-0.4, -0.2) is 37.6 Å².